The van der Waals surface area contributed by atoms with E-state index in [0.29, 0.717) is 11.0 Å². The molecule has 0 bridgehead atoms. The van der Waals surface area contributed by atoms with Crippen LogP contribution in [0.2, 0.25) is 0 Å². The molecular weight excluding hydrogens is 248 g/mol. The van der Waals surface area contributed by atoms with E-state index in [0.717, 1.165) is 0 Å². The zero-order valence-corrected chi connectivity index (χ0v) is 9.49. The van der Waals surface area contributed by atoms with Crippen LogP contribution in [0.3, 0.4) is 0 Å². The maximum Gasteiger partial charge on any atom is 0.218 e. The van der Waals surface area contributed by atoms with E-state index < -0.39 is 0 Å². The summed E-state index contributed by atoms with van der Waals surface area (Å²) in [6.07, 6.45) is 3.25. The van der Waals surface area contributed by atoms with Gasteiger partial charge in [-0.15, -0.1) is 0 Å². The molecule has 0 fully saturated rings. The number of hydrogen-bond donors (Lipinski definition) is 2. The number of aliphatic hydroxyl groups is 1. The Labute approximate surface area is 90.5 Å². The van der Waals surface area contributed by atoms with Gasteiger partial charge in [-0.1, -0.05) is 6.92 Å². The lowest BCUT2D eigenvalue weighted by Crippen LogP contribution is -2.16. The first-order chi connectivity index (χ1) is 6.54. The van der Waals surface area contributed by atoms with Crippen molar-refractivity contribution in [2.45, 2.75) is 13.5 Å². The predicted octanol–water partition coefficient (Wildman–Crippen LogP) is 0.821. The van der Waals surface area contributed by atoms with Crippen molar-refractivity contribution >= 4 is 21.6 Å². The number of hydrogen-bond acceptors (Lipinski definition) is 3. The predicted molar refractivity (Wildman–Crippen MR) is 59.1 cm³/mol. The molecule has 1 heterocycles. The molecule has 1 unspecified atom stereocenters. The van der Waals surface area contributed by atoms with Crippen molar-refractivity contribution in [3.8, 4) is 0 Å². The van der Waals surface area contributed by atoms with Crippen molar-refractivity contribution in [1.29, 1.82) is 0 Å². The quantitative estimate of drug-likeness (QED) is 0.846. The van der Waals surface area contributed by atoms with Crippen LogP contribution in [0.4, 0.5) is 5.69 Å². The molecular formula is C9H13BrN2O2. The van der Waals surface area contributed by atoms with Crippen molar-refractivity contribution in [3.05, 3.63) is 27.1 Å². The number of aliphatic hydroxyl groups excluding tert-OH is 1. The van der Waals surface area contributed by atoms with Gasteiger partial charge in [-0.05, 0) is 21.8 Å². The van der Waals surface area contributed by atoms with Gasteiger partial charge < -0.3 is 15.4 Å². The van der Waals surface area contributed by atoms with E-state index in [4.69, 9.17) is 10.8 Å². The highest BCUT2D eigenvalue weighted by atomic mass is 79.9. The number of nitrogens with two attached hydrogens (primary N) is 1. The summed E-state index contributed by atoms with van der Waals surface area (Å²) in [5, 5.41) is 8.87. The highest BCUT2D eigenvalue weighted by Crippen LogP contribution is 2.08. The van der Waals surface area contributed by atoms with Gasteiger partial charge in [-0.25, -0.2) is 0 Å². The second-order valence-electron chi connectivity index (χ2n) is 3.38. The summed E-state index contributed by atoms with van der Waals surface area (Å²) in [6.45, 7) is 2.67. The maximum atomic E-state index is 11.2. The zero-order valence-electron chi connectivity index (χ0n) is 7.90. The number of pyridine rings is 1. The molecule has 14 heavy (non-hydrogen) atoms. The molecule has 0 aliphatic carbocycles. The van der Waals surface area contributed by atoms with Crippen LogP contribution in [-0.4, -0.2) is 16.3 Å². The Morgan fingerprint density at radius 1 is 1.64 bits per heavy atom. The number of anilines is 1. The summed E-state index contributed by atoms with van der Waals surface area (Å²) >= 11 is 3.13. The van der Waals surface area contributed by atoms with E-state index in [2.05, 4.69) is 15.9 Å². The number of halogens is 1. The molecule has 1 rings (SSSR count). The summed E-state index contributed by atoms with van der Waals surface area (Å²) < 4.78 is 2.24. The van der Waals surface area contributed by atoms with Gasteiger partial charge in [-0.3, -0.25) is 4.79 Å². The van der Waals surface area contributed by atoms with Gasteiger partial charge in [0.05, 0.1) is 10.2 Å². The summed E-state index contributed by atoms with van der Waals surface area (Å²) in [4.78, 5) is 11.2. The van der Waals surface area contributed by atoms with Gasteiger partial charge in [0.1, 0.15) is 0 Å². The smallest absolute Gasteiger partial charge is 0.218 e. The fraction of sp³-hybridized carbons (Fsp3) is 0.444. The number of nitrogen functional groups attached to an aromatic ring is 1. The number of nitrogens with zero attached hydrogens (tertiary/aromatic N) is 1. The third-order valence-corrected chi connectivity index (χ3v) is 2.46. The van der Waals surface area contributed by atoms with Gasteiger partial charge in [0.25, 0.3) is 0 Å². The molecule has 0 saturated carbocycles. The first-order valence-electron chi connectivity index (χ1n) is 4.30. The molecule has 4 nitrogen and oxygen atoms in total. The van der Waals surface area contributed by atoms with Crippen LogP contribution in [0.25, 0.3) is 0 Å². The van der Waals surface area contributed by atoms with Gasteiger partial charge >= 0.3 is 0 Å². The molecule has 0 aliphatic rings. The molecule has 78 valence electrons. The molecule has 0 saturated heterocycles. The summed E-state index contributed by atoms with van der Waals surface area (Å²) in [7, 11) is 0. The fourth-order valence-electron chi connectivity index (χ4n) is 1.14. The van der Waals surface area contributed by atoms with Crippen LogP contribution in [0.5, 0.6) is 0 Å². The Kier molecular flexibility index (Phi) is 3.71. The van der Waals surface area contributed by atoms with Crippen molar-refractivity contribution in [1.82, 2.24) is 4.57 Å². The summed E-state index contributed by atoms with van der Waals surface area (Å²) in [5.74, 6) is 0.142. The molecule has 0 amide bonds. The van der Waals surface area contributed by atoms with Crippen molar-refractivity contribution in [3.63, 3.8) is 0 Å². The molecule has 1 aromatic rings. The lowest BCUT2D eigenvalue weighted by atomic mass is 10.2. The van der Waals surface area contributed by atoms with E-state index in [9.17, 15) is 4.79 Å². The van der Waals surface area contributed by atoms with Crippen LogP contribution < -0.4 is 11.2 Å². The molecule has 1 aromatic heterocycles. The summed E-state index contributed by atoms with van der Waals surface area (Å²) in [5.41, 5.74) is 5.53. The van der Waals surface area contributed by atoms with Crippen LogP contribution in [-0.2, 0) is 6.54 Å². The lowest BCUT2D eigenvalue weighted by molar-refractivity contribution is 0.223. The van der Waals surface area contributed by atoms with Crippen molar-refractivity contribution in [2.24, 2.45) is 5.92 Å². The van der Waals surface area contributed by atoms with Gasteiger partial charge in [-0.2, -0.15) is 0 Å². The molecule has 0 aromatic carbocycles. The van der Waals surface area contributed by atoms with E-state index in [1.807, 2.05) is 6.92 Å². The van der Waals surface area contributed by atoms with Crippen LogP contribution in [0.1, 0.15) is 6.92 Å². The van der Waals surface area contributed by atoms with Gasteiger partial charge in [0, 0.05) is 25.5 Å². The normalized spacial score (nSPS) is 12.8. The van der Waals surface area contributed by atoms with Crippen LogP contribution in [0, 0.1) is 5.92 Å². The van der Waals surface area contributed by atoms with E-state index >= 15 is 0 Å². The van der Waals surface area contributed by atoms with Crippen LogP contribution >= 0.6 is 15.9 Å². The van der Waals surface area contributed by atoms with Crippen molar-refractivity contribution < 1.29 is 5.11 Å². The third-order valence-electron chi connectivity index (χ3n) is 1.90. The molecule has 5 heteroatoms. The first-order valence-corrected chi connectivity index (χ1v) is 5.09. The van der Waals surface area contributed by atoms with Crippen molar-refractivity contribution in [2.75, 3.05) is 12.3 Å². The second kappa shape index (κ2) is 4.61. The fourth-order valence-corrected chi connectivity index (χ4v) is 1.63. The minimum Gasteiger partial charge on any atom is -0.396 e. The van der Waals surface area contributed by atoms with E-state index in [-0.39, 0.29) is 23.6 Å². The minimum absolute atomic E-state index is 0.115. The molecule has 0 aliphatic heterocycles. The Morgan fingerprint density at radius 3 is 2.79 bits per heavy atom. The van der Waals surface area contributed by atoms with Gasteiger partial charge in [0.2, 0.25) is 5.43 Å². The second-order valence-corrected chi connectivity index (χ2v) is 4.23. The first kappa shape index (κ1) is 11.3. The lowest BCUT2D eigenvalue weighted by Gasteiger charge is -2.12. The SMILES string of the molecule is CC(CO)Cn1cc(N)c(=O)c(Br)c1. The third kappa shape index (κ3) is 2.59. The zero-order chi connectivity index (χ0) is 10.7. The summed E-state index contributed by atoms with van der Waals surface area (Å²) in [6, 6.07) is 0. The minimum atomic E-state index is -0.196. The molecule has 0 spiro atoms. The molecule has 3 N–H and O–H groups in total. The Balaban J connectivity index is 2.95. The number of aromatic nitrogens is 1. The standard InChI is InChI=1S/C9H13BrN2O2/c1-6(5-13)2-12-3-7(10)9(14)8(11)4-12/h3-4,6,13H,2,5,11H2,1H3. The number of rotatable bonds is 3. The average molecular weight is 261 g/mol. The Hall–Kier alpha value is -0.810. The van der Waals surface area contributed by atoms with E-state index in [1.54, 1.807) is 17.0 Å². The maximum absolute atomic E-state index is 11.2. The highest BCUT2D eigenvalue weighted by Gasteiger charge is 2.05. The highest BCUT2D eigenvalue weighted by molar-refractivity contribution is 9.10. The topological polar surface area (TPSA) is 68.2 Å². The van der Waals surface area contributed by atoms with Gasteiger partial charge in [0.15, 0.2) is 0 Å². The van der Waals surface area contributed by atoms with Crippen LogP contribution in [0.15, 0.2) is 21.7 Å². The van der Waals surface area contributed by atoms with E-state index in [1.165, 1.54) is 0 Å². The monoisotopic (exact) mass is 260 g/mol. The molecule has 0 radical (unpaired) electrons. The largest absolute Gasteiger partial charge is 0.396 e. The Morgan fingerprint density at radius 2 is 2.29 bits per heavy atom. The average Bonchev–Trinajstić information content (AvgIpc) is 2.14. The Bertz CT molecular complexity index is 349. The molecule has 1 atom stereocenters.